The van der Waals surface area contributed by atoms with Crippen LogP contribution < -0.4 is 16.2 Å². The van der Waals surface area contributed by atoms with Gasteiger partial charge in [-0.25, -0.2) is 14.4 Å². The van der Waals surface area contributed by atoms with Crippen molar-refractivity contribution in [2.24, 2.45) is 5.92 Å². The SMILES string of the molecule is CC(C)C(=O)Nc1ccc(C(=O)NNC(=O)[C@@H](OC(=O)c2ccccc2Cl)[C@@H](OC(=O)c2ccccc2Cl)C(=O)O)cc1. The number of halogens is 2. The van der Waals surface area contributed by atoms with Crippen molar-refractivity contribution in [2.75, 3.05) is 5.32 Å². The first-order chi connectivity index (χ1) is 20.4. The molecule has 43 heavy (non-hydrogen) atoms. The number of carboxylic acid groups (broad SMARTS) is 1. The summed E-state index contributed by atoms with van der Waals surface area (Å²) in [6, 6.07) is 16.8. The fraction of sp³-hybridized carbons (Fsp3) is 0.172. The van der Waals surface area contributed by atoms with E-state index in [0.29, 0.717) is 5.69 Å². The topological polar surface area (TPSA) is 177 Å². The van der Waals surface area contributed by atoms with Crippen molar-refractivity contribution in [3.8, 4) is 0 Å². The lowest BCUT2D eigenvalue weighted by molar-refractivity contribution is -0.159. The third kappa shape index (κ3) is 8.77. The number of carbonyl (C=O) groups is 6. The molecular formula is C29H25Cl2N3O9. The first-order valence-corrected chi connectivity index (χ1v) is 13.3. The molecule has 3 aromatic carbocycles. The Kier molecular flexibility index (Phi) is 11.2. The second-order valence-corrected chi connectivity index (χ2v) is 9.93. The van der Waals surface area contributed by atoms with Crippen LogP contribution in [0.1, 0.15) is 44.9 Å². The summed E-state index contributed by atoms with van der Waals surface area (Å²) in [5.74, 6) is -6.98. The number of hydrazine groups is 1. The van der Waals surface area contributed by atoms with Crippen LogP contribution in [-0.4, -0.2) is 52.9 Å². The van der Waals surface area contributed by atoms with Crippen LogP contribution >= 0.6 is 23.2 Å². The van der Waals surface area contributed by atoms with Gasteiger partial charge in [0.05, 0.1) is 21.2 Å². The highest BCUT2D eigenvalue weighted by atomic mass is 35.5. The molecule has 3 rings (SSSR count). The molecule has 0 unspecified atom stereocenters. The minimum absolute atomic E-state index is 0.0485. The second-order valence-electron chi connectivity index (χ2n) is 9.11. The molecule has 2 atom stereocenters. The fourth-order valence-electron chi connectivity index (χ4n) is 3.36. The van der Waals surface area contributed by atoms with Crippen molar-refractivity contribution in [1.29, 1.82) is 0 Å². The van der Waals surface area contributed by atoms with Gasteiger partial charge in [-0.3, -0.25) is 25.2 Å². The maximum Gasteiger partial charge on any atom is 0.349 e. The van der Waals surface area contributed by atoms with Crippen LogP contribution in [0.2, 0.25) is 10.0 Å². The minimum atomic E-state index is -2.38. The molecule has 0 saturated heterocycles. The monoisotopic (exact) mass is 629 g/mol. The molecule has 0 aliphatic heterocycles. The van der Waals surface area contributed by atoms with Crippen LogP contribution in [0.15, 0.2) is 72.8 Å². The van der Waals surface area contributed by atoms with Crippen LogP contribution in [0.5, 0.6) is 0 Å². The van der Waals surface area contributed by atoms with E-state index in [-0.39, 0.29) is 38.6 Å². The van der Waals surface area contributed by atoms with Crippen molar-refractivity contribution in [3.63, 3.8) is 0 Å². The molecule has 0 bridgehead atoms. The lowest BCUT2D eigenvalue weighted by Crippen LogP contribution is -2.54. The molecule has 12 nitrogen and oxygen atoms in total. The molecule has 224 valence electrons. The molecular weight excluding hydrogens is 605 g/mol. The standard InChI is InChI=1S/C29H25Cl2N3O9/c1-15(2)24(35)32-17-13-11-16(12-14-17)25(36)33-34-26(37)22(42-28(40)18-7-3-5-9-20(18)30)23(27(38)39)43-29(41)19-8-4-6-10-21(19)31/h3-15,22-23H,1-2H3,(H,32,35)(H,33,36)(H,34,37)(H,38,39)/t22-,23+/m0/s1. The average Bonchev–Trinajstić information content (AvgIpc) is 2.97. The highest BCUT2D eigenvalue weighted by Gasteiger charge is 2.41. The van der Waals surface area contributed by atoms with Gasteiger partial charge in [-0.15, -0.1) is 0 Å². The van der Waals surface area contributed by atoms with Gasteiger partial charge in [0, 0.05) is 17.2 Å². The molecule has 4 N–H and O–H groups in total. The van der Waals surface area contributed by atoms with Gasteiger partial charge >= 0.3 is 17.9 Å². The Hall–Kier alpha value is -4.94. The predicted molar refractivity (Wildman–Crippen MR) is 154 cm³/mol. The largest absolute Gasteiger partial charge is 0.478 e. The van der Waals surface area contributed by atoms with Crippen molar-refractivity contribution in [1.82, 2.24) is 10.9 Å². The Morgan fingerprint density at radius 1 is 0.674 bits per heavy atom. The summed E-state index contributed by atoms with van der Waals surface area (Å²) in [7, 11) is 0. The Morgan fingerprint density at radius 3 is 1.63 bits per heavy atom. The minimum Gasteiger partial charge on any atom is -0.478 e. The molecule has 0 aliphatic rings. The van der Waals surface area contributed by atoms with E-state index in [2.05, 4.69) is 10.7 Å². The molecule has 0 heterocycles. The van der Waals surface area contributed by atoms with E-state index >= 15 is 0 Å². The van der Waals surface area contributed by atoms with Gasteiger partial charge < -0.3 is 19.9 Å². The van der Waals surface area contributed by atoms with Crippen LogP contribution in [0.25, 0.3) is 0 Å². The van der Waals surface area contributed by atoms with E-state index in [9.17, 15) is 33.9 Å². The zero-order valence-electron chi connectivity index (χ0n) is 22.6. The third-order valence-electron chi connectivity index (χ3n) is 5.67. The number of benzene rings is 3. The van der Waals surface area contributed by atoms with E-state index in [1.165, 1.54) is 72.8 Å². The summed E-state index contributed by atoms with van der Waals surface area (Å²) in [6.07, 6.45) is -4.68. The Bertz CT molecular complexity index is 1540. The summed E-state index contributed by atoms with van der Waals surface area (Å²) in [5.41, 5.74) is 4.10. The first kappa shape index (κ1) is 32.6. The molecule has 0 aliphatic carbocycles. The Morgan fingerprint density at radius 2 is 1.16 bits per heavy atom. The third-order valence-corrected chi connectivity index (χ3v) is 6.33. The molecule has 0 saturated carbocycles. The van der Waals surface area contributed by atoms with Gasteiger partial charge in [0.15, 0.2) is 0 Å². The van der Waals surface area contributed by atoms with Gasteiger partial charge in [0.25, 0.3) is 11.8 Å². The van der Waals surface area contributed by atoms with Crippen LogP contribution in [-0.2, 0) is 23.9 Å². The van der Waals surface area contributed by atoms with E-state index in [0.717, 1.165) is 0 Å². The number of nitrogens with one attached hydrogen (secondary N) is 3. The fourth-order valence-corrected chi connectivity index (χ4v) is 3.78. The number of carbonyl (C=O) groups excluding carboxylic acids is 5. The molecule has 3 aromatic rings. The summed E-state index contributed by atoms with van der Waals surface area (Å²) >= 11 is 12.0. The van der Waals surface area contributed by atoms with E-state index in [1.807, 2.05) is 5.43 Å². The second kappa shape index (κ2) is 14.8. The van der Waals surface area contributed by atoms with Gasteiger partial charge in [-0.05, 0) is 48.5 Å². The number of hydrogen-bond acceptors (Lipinski definition) is 8. The smallest absolute Gasteiger partial charge is 0.349 e. The number of ether oxygens (including phenoxy) is 2. The Labute approximate surface area is 255 Å². The normalized spacial score (nSPS) is 11.9. The van der Waals surface area contributed by atoms with Crippen LogP contribution in [0.3, 0.4) is 0 Å². The predicted octanol–water partition coefficient (Wildman–Crippen LogP) is 3.88. The van der Waals surface area contributed by atoms with E-state index < -0.39 is 41.9 Å². The summed E-state index contributed by atoms with van der Waals surface area (Å²) in [5, 5.41) is 12.4. The molecule has 14 heteroatoms. The highest BCUT2D eigenvalue weighted by molar-refractivity contribution is 6.34. The van der Waals surface area contributed by atoms with Crippen molar-refractivity contribution >= 4 is 64.5 Å². The number of amides is 3. The van der Waals surface area contributed by atoms with Gasteiger partial charge in [-0.2, -0.15) is 0 Å². The van der Waals surface area contributed by atoms with E-state index in [1.54, 1.807) is 13.8 Å². The molecule has 0 spiro atoms. The number of hydrogen-bond donors (Lipinski definition) is 4. The molecule has 0 aromatic heterocycles. The highest BCUT2D eigenvalue weighted by Crippen LogP contribution is 2.21. The van der Waals surface area contributed by atoms with Crippen molar-refractivity contribution < 1.29 is 43.3 Å². The summed E-state index contributed by atoms with van der Waals surface area (Å²) in [4.78, 5) is 75.4. The number of anilines is 1. The molecule has 3 amide bonds. The van der Waals surface area contributed by atoms with Crippen LogP contribution in [0.4, 0.5) is 5.69 Å². The lowest BCUT2D eigenvalue weighted by Gasteiger charge is -2.24. The zero-order chi connectivity index (χ0) is 31.7. The zero-order valence-corrected chi connectivity index (χ0v) is 24.1. The van der Waals surface area contributed by atoms with Gasteiger partial charge in [0.2, 0.25) is 18.1 Å². The van der Waals surface area contributed by atoms with Crippen molar-refractivity contribution in [3.05, 3.63) is 99.5 Å². The summed E-state index contributed by atoms with van der Waals surface area (Å²) in [6.45, 7) is 3.43. The quantitative estimate of drug-likeness (QED) is 0.191. The first-order valence-electron chi connectivity index (χ1n) is 12.5. The average molecular weight is 630 g/mol. The number of aliphatic carboxylic acids is 1. The number of rotatable bonds is 10. The molecule has 0 fully saturated rings. The Balaban J connectivity index is 1.81. The lowest BCUT2D eigenvalue weighted by atomic mass is 10.1. The maximum atomic E-state index is 13.1. The maximum absolute atomic E-state index is 13.1. The molecule has 0 radical (unpaired) electrons. The summed E-state index contributed by atoms with van der Waals surface area (Å²) < 4.78 is 10.2. The van der Waals surface area contributed by atoms with Crippen molar-refractivity contribution in [2.45, 2.75) is 26.1 Å². The number of carboxylic acids is 1. The van der Waals surface area contributed by atoms with E-state index in [4.69, 9.17) is 32.7 Å². The number of esters is 2. The van der Waals surface area contributed by atoms with Gasteiger partial charge in [-0.1, -0.05) is 61.3 Å². The van der Waals surface area contributed by atoms with Crippen LogP contribution in [0, 0.1) is 5.92 Å². The van der Waals surface area contributed by atoms with Gasteiger partial charge in [0.1, 0.15) is 0 Å².